The summed E-state index contributed by atoms with van der Waals surface area (Å²) in [4.78, 5) is 34.8. The first kappa shape index (κ1) is 37.1. The third-order valence-electron chi connectivity index (χ3n) is 9.80. The van der Waals surface area contributed by atoms with Crippen molar-refractivity contribution in [1.29, 1.82) is 10.8 Å². The summed E-state index contributed by atoms with van der Waals surface area (Å²) in [6, 6.07) is 24.6. The number of amidine groups is 2. The van der Waals surface area contributed by atoms with E-state index in [9.17, 15) is 19.8 Å². The minimum absolute atomic E-state index is 0.0227. The number of aryl methyl sites for hydroxylation is 1. The molecular weight excluding hydrogens is 692 g/mol. The summed E-state index contributed by atoms with van der Waals surface area (Å²) < 4.78 is 5.51. The molecule has 0 aromatic heterocycles. The standard InChI is InChI=1S/C41H43ClN6O5/c1-25(43)48-35-13-12-32(53-2)22-33(35)40(29-8-10-31(42)11-9-29)46-34(41(48)44)23-38(51)45-24-27-4-3-5-30(20-27)28-16-18-47(19-17-28)39(52)15-7-26-6-14-36(49)37(50)21-26/h3-6,8-14,20-22,28,34,43-44,49-50H,7,15-19,23-24H2,1-2H3,(H,45,51)/t34-/m0/s1. The molecule has 1 atom stereocenters. The number of methoxy groups -OCH3 is 1. The summed E-state index contributed by atoms with van der Waals surface area (Å²) in [5, 5.41) is 40.6. The van der Waals surface area contributed by atoms with Crippen LogP contribution in [0.15, 0.2) is 89.9 Å². The number of aliphatic imine (C=N–C) groups is 1. The molecule has 0 radical (unpaired) electrons. The molecule has 0 aliphatic carbocycles. The minimum atomic E-state index is -0.869. The van der Waals surface area contributed by atoms with Crippen molar-refractivity contribution >= 4 is 46.5 Å². The van der Waals surface area contributed by atoms with E-state index < -0.39 is 6.04 Å². The van der Waals surface area contributed by atoms with Crippen molar-refractivity contribution in [3.05, 3.63) is 118 Å². The molecule has 1 saturated heterocycles. The number of hydrogen-bond donors (Lipinski definition) is 5. The fraction of sp³-hybridized carbons (Fsp3) is 0.293. The van der Waals surface area contributed by atoms with Gasteiger partial charge in [-0.05, 0) is 91.3 Å². The average molecular weight is 735 g/mol. The number of hydrogen-bond acceptors (Lipinski definition) is 8. The minimum Gasteiger partial charge on any atom is -0.504 e. The van der Waals surface area contributed by atoms with Crippen molar-refractivity contribution < 1.29 is 24.5 Å². The Hall–Kier alpha value is -5.68. The van der Waals surface area contributed by atoms with Crippen LogP contribution in [0.2, 0.25) is 5.02 Å². The normalized spacial score (nSPS) is 16.0. The summed E-state index contributed by atoms with van der Waals surface area (Å²) in [6.07, 6.45) is 2.39. The Balaban J connectivity index is 1.10. The number of rotatable bonds is 10. The van der Waals surface area contributed by atoms with Crippen molar-refractivity contribution in [2.24, 2.45) is 4.99 Å². The van der Waals surface area contributed by atoms with Crippen LogP contribution in [0.3, 0.4) is 0 Å². The van der Waals surface area contributed by atoms with Gasteiger partial charge in [0.2, 0.25) is 11.8 Å². The number of phenols is 2. The van der Waals surface area contributed by atoms with E-state index in [1.807, 2.05) is 35.2 Å². The molecule has 2 aliphatic rings. The summed E-state index contributed by atoms with van der Waals surface area (Å²) >= 11 is 6.20. The van der Waals surface area contributed by atoms with Gasteiger partial charge in [0.15, 0.2) is 11.5 Å². The van der Waals surface area contributed by atoms with E-state index in [4.69, 9.17) is 32.1 Å². The van der Waals surface area contributed by atoms with Crippen molar-refractivity contribution in [3.63, 3.8) is 0 Å². The molecule has 0 spiro atoms. The van der Waals surface area contributed by atoms with Gasteiger partial charge in [0, 0.05) is 42.2 Å². The molecule has 53 heavy (non-hydrogen) atoms. The van der Waals surface area contributed by atoms with E-state index in [-0.39, 0.29) is 47.3 Å². The van der Waals surface area contributed by atoms with E-state index in [0.29, 0.717) is 60.2 Å². The maximum atomic E-state index is 13.5. The number of nitrogens with one attached hydrogen (secondary N) is 3. The number of piperidine rings is 1. The quantitative estimate of drug-likeness (QED) is 0.0684. The van der Waals surface area contributed by atoms with E-state index >= 15 is 0 Å². The van der Waals surface area contributed by atoms with Crippen LogP contribution in [0.25, 0.3) is 0 Å². The number of carbonyl (C=O) groups is 2. The number of aromatic hydroxyl groups is 2. The first-order valence-corrected chi connectivity index (χ1v) is 18.0. The lowest BCUT2D eigenvalue weighted by Gasteiger charge is -2.32. The fourth-order valence-electron chi connectivity index (χ4n) is 6.94. The molecular formula is C41H43ClN6O5. The van der Waals surface area contributed by atoms with Gasteiger partial charge in [0.25, 0.3) is 0 Å². The molecule has 5 N–H and O–H groups in total. The Bertz CT molecular complexity index is 2060. The molecule has 0 unspecified atom stereocenters. The van der Waals surface area contributed by atoms with Crippen LogP contribution in [0.4, 0.5) is 5.69 Å². The van der Waals surface area contributed by atoms with Crippen molar-refractivity contribution in [2.45, 2.75) is 57.5 Å². The maximum absolute atomic E-state index is 13.5. The van der Waals surface area contributed by atoms with Crippen LogP contribution >= 0.6 is 11.6 Å². The van der Waals surface area contributed by atoms with E-state index in [1.54, 1.807) is 44.4 Å². The predicted octanol–water partition coefficient (Wildman–Crippen LogP) is 6.81. The summed E-state index contributed by atoms with van der Waals surface area (Å²) in [5.41, 5.74) is 5.51. The zero-order valence-electron chi connectivity index (χ0n) is 29.7. The molecule has 0 bridgehead atoms. The van der Waals surface area contributed by atoms with Crippen LogP contribution < -0.4 is 15.0 Å². The van der Waals surface area contributed by atoms with Crippen molar-refractivity contribution in [1.82, 2.24) is 10.2 Å². The SMILES string of the molecule is COc1ccc2c(c1)C(c1ccc(Cl)cc1)=N[C@@H](CC(=O)NCc1cccc(C3CCN(C(=O)CCc4ccc(O)c(O)c4)CC3)c1)C(=N)N2C(C)=N. The second kappa shape index (κ2) is 16.3. The van der Waals surface area contributed by atoms with Gasteiger partial charge >= 0.3 is 0 Å². The van der Waals surface area contributed by atoms with Crippen LogP contribution in [-0.4, -0.2) is 70.6 Å². The third-order valence-corrected chi connectivity index (χ3v) is 10.1. The van der Waals surface area contributed by atoms with Gasteiger partial charge in [-0.1, -0.05) is 54.1 Å². The number of fused-ring (bicyclic) bond motifs is 1. The number of benzodiazepines with no additional fused rings is 1. The fourth-order valence-corrected chi connectivity index (χ4v) is 7.06. The molecule has 12 heteroatoms. The van der Waals surface area contributed by atoms with E-state index in [1.165, 1.54) is 17.0 Å². The molecule has 6 rings (SSSR count). The number of benzene rings is 4. The Morgan fingerprint density at radius 2 is 1.72 bits per heavy atom. The molecule has 4 aromatic carbocycles. The highest BCUT2D eigenvalue weighted by Crippen LogP contribution is 2.34. The van der Waals surface area contributed by atoms with Gasteiger partial charge in [-0.25, -0.2) is 0 Å². The summed E-state index contributed by atoms with van der Waals surface area (Å²) in [6.45, 7) is 3.21. The highest BCUT2D eigenvalue weighted by molar-refractivity contribution is 6.31. The number of anilines is 1. The highest BCUT2D eigenvalue weighted by Gasteiger charge is 2.32. The second-order valence-electron chi connectivity index (χ2n) is 13.4. The largest absolute Gasteiger partial charge is 0.504 e. The number of amides is 2. The molecule has 4 aromatic rings. The zero-order valence-corrected chi connectivity index (χ0v) is 30.5. The number of halogens is 1. The van der Waals surface area contributed by atoms with Crippen LogP contribution in [-0.2, 0) is 22.6 Å². The van der Waals surface area contributed by atoms with Gasteiger partial charge in [-0.15, -0.1) is 0 Å². The Morgan fingerprint density at radius 3 is 2.42 bits per heavy atom. The maximum Gasteiger partial charge on any atom is 0.222 e. The second-order valence-corrected chi connectivity index (χ2v) is 13.8. The van der Waals surface area contributed by atoms with Gasteiger partial charge in [0.1, 0.15) is 23.5 Å². The van der Waals surface area contributed by atoms with Crippen molar-refractivity contribution in [2.75, 3.05) is 25.1 Å². The number of likely N-dealkylation sites (tertiary alicyclic amines) is 1. The van der Waals surface area contributed by atoms with Crippen LogP contribution in [0.1, 0.15) is 66.3 Å². The van der Waals surface area contributed by atoms with Gasteiger partial charge in [-0.3, -0.25) is 30.3 Å². The molecule has 0 saturated carbocycles. The van der Waals surface area contributed by atoms with Gasteiger partial charge in [0.05, 0.1) is 24.9 Å². The molecule has 11 nitrogen and oxygen atoms in total. The van der Waals surface area contributed by atoms with E-state index in [2.05, 4.69) is 17.4 Å². The lowest BCUT2D eigenvalue weighted by atomic mass is 9.88. The predicted molar refractivity (Wildman–Crippen MR) is 207 cm³/mol. The smallest absolute Gasteiger partial charge is 0.222 e. The summed E-state index contributed by atoms with van der Waals surface area (Å²) in [5.74, 6) is 0.466. The Kier molecular flexibility index (Phi) is 11.4. The monoisotopic (exact) mass is 734 g/mol. The van der Waals surface area contributed by atoms with Crippen LogP contribution in [0.5, 0.6) is 17.2 Å². The molecule has 2 amide bonds. The lowest BCUT2D eigenvalue weighted by Crippen LogP contribution is -2.42. The highest BCUT2D eigenvalue weighted by atomic mass is 35.5. The Morgan fingerprint density at radius 1 is 0.962 bits per heavy atom. The Labute approximate surface area is 313 Å². The number of carbonyl (C=O) groups excluding carboxylic acids is 2. The number of phenolic OH excluding ortho intramolecular Hbond substituents is 2. The molecule has 2 aliphatic heterocycles. The summed E-state index contributed by atoms with van der Waals surface area (Å²) in [7, 11) is 1.57. The number of ether oxygens (including phenoxy) is 1. The average Bonchev–Trinajstić information content (AvgIpc) is 3.28. The van der Waals surface area contributed by atoms with Crippen LogP contribution in [0, 0.1) is 10.8 Å². The first-order valence-electron chi connectivity index (χ1n) is 17.6. The molecule has 274 valence electrons. The molecule has 2 heterocycles. The zero-order chi connectivity index (χ0) is 37.6. The third kappa shape index (κ3) is 8.69. The first-order chi connectivity index (χ1) is 25.5. The van der Waals surface area contributed by atoms with Gasteiger partial charge in [-0.2, -0.15) is 0 Å². The topological polar surface area (TPSA) is 162 Å². The number of nitrogens with zero attached hydrogens (tertiary/aromatic N) is 3. The molecule has 1 fully saturated rings. The lowest BCUT2D eigenvalue weighted by molar-refractivity contribution is -0.132. The van der Waals surface area contributed by atoms with Gasteiger partial charge < -0.3 is 25.2 Å². The van der Waals surface area contributed by atoms with Crippen molar-refractivity contribution in [3.8, 4) is 17.2 Å². The van der Waals surface area contributed by atoms with E-state index in [0.717, 1.165) is 35.1 Å².